The summed E-state index contributed by atoms with van der Waals surface area (Å²) in [6, 6.07) is 15.8. The molecule has 0 spiro atoms. The maximum absolute atomic E-state index is 12.8. The Morgan fingerprint density at radius 3 is 2.45 bits per heavy atom. The second-order valence-electron chi connectivity index (χ2n) is 5.80. The van der Waals surface area contributed by atoms with Crippen molar-refractivity contribution in [2.24, 2.45) is 0 Å². The summed E-state index contributed by atoms with van der Waals surface area (Å²) >= 11 is 0. The molecule has 0 saturated carbocycles. The number of rotatable bonds is 3. The average molecular weight is 266 g/mol. The average Bonchev–Trinajstić information content (AvgIpc) is 2.94. The zero-order valence-electron chi connectivity index (χ0n) is 11.8. The molecule has 0 bridgehead atoms. The van der Waals surface area contributed by atoms with Crippen LogP contribution in [0.25, 0.3) is 0 Å². The fourth-order valence-electron chi connectivity index (χ4n) is 2.66. The first kappa shape index (κ1) is 13.1. The van der Waals surface area contributed by atoms with Gasteiger partial charge in [-0.3, -0.25) is 4.79 Å². The molecule has 0 aromatic heterocycles. The standard InChI is InChI=1S/C18H18O2/c1-18(2,16-6-4-3-5-7-16)17(19)13-8-9-14-11-20-12-15(14)10-13/h3-10H,11-12H2,1-2H3. The van der Waals surface area contributed by atoms with Crippen molar-refractivity contribution >= 4 is 5.78 Å². The Morgan fingerprint density at radius 2 is 1.70 bits per heavy atom. The second kappa shape index (κ2) is 4.88. The van der Waals surface area contributed by atoms with Gasteiger partial charge in [0.2, 0.25) is 0 Å². The molecule has 2 aromatic carbocycles. The minimum Gasteiger partial charge on any atom is -0.372 e. The Balaban J connectivity index is 1.96. The Bertz CT molecular complexity index is 642. The number of benzene rings is 2. The van der Waals surface area contributed by atoms with Gasteiger partial charge in [0.25, 0.3) is 0 Å². The third-order valence-corrected chi connectivity index (χ3v) is 4.05. The highest BCUT2D eigenvalue weighted by Crippen LogP contribution is 2.29. The zero-order valence-corrected chi connectivity index (χ0v) is 11.8. The molecule has 1 aliphatic heterocycles. The molecule has 1 aliphatic rings. The second-order valence-corrected chi connectivity index (χ2v) is 5.80. The summed E-state index contributed by atoms with van der Waals surface area (Å²) in [5.41, 5.74) is 3.62. The van der Waals surface area contributed by atoms with E-state index in [1.165, 1.54) is 5.56 Å². The van der Waals surface area contributed by atoms with Gasteiger partial charge in [-0.05, 0) is 36.6 Å². The molecule has 0 saturated heterocycles. The van der Waals surface area contributed by atoms with Gasteiger partial charge < -0.3 is 4.74 Å². The molecule has 0 N–H and O–H groups in total. The van der Waals surface area contributed by atoms with Crippen molar-refractivity contribution in [3.05, 3.63) is 70.8 Å². The number of hydrogen-bond acceptors (Lipinski definition) is 2. The number of ether oxygens (including phenoxy) is 1. The summed E-state index contributed by atoms with van der Waals surface area (Å²) in [7, 11) is 0. The molecule has 0 atom stereocenters. The van der Waals surface area contributed by atoms with Crippen molar-refractivity contribution < 1.29 is 9.53 Å². The smallest absolute Gasteiger partial charge is 0.172 e. The number of carbonyl (C=O) groups excluding carboxylic acids is 1. The quantitative estimate of drug-likeness (QED) is 0.788. The van der Waals surface area contributed by atoms with Gasteiger partial charge in [0.15, 0.2) is 5.78 Å². The predicted octanol–water partition coefficient (Wildman–Crippen LogP) is 3.88. The van der Waals surface area contributed by atoms with Crippen molar-refractivity contribution in [1.29, 1.82) is 0 Å². The Kier molecular flexibility index (Phi) is 3.19. The van der Waals surface area contributed by atoms with E-state index in [1.807, 2.05) is 62.4 Å². The van der Waals surface area contributed by atoms with Crippen LogP contribution in [0.5, 0.6) is 0 Å². The van der Waals surface area contributed by atoms with Crippen LogP contribution in [0.4, 0.5) is 0 Å². The van der Waals surface area contributed by atoms with Crippen molar-refractivity contribution in [3.8, 4) is 0 Å². The lowest BCUT2D eigenvalue weighted by molar-refractivity contribution is 0.0908. The van der Waals surface area contributed by atoms with E-state index in [2.05, 4.69) is 0 Å². The largest absolute Gasteiger partial charge is 0.372 e. The normalized spacial score (nSPS) is 14.1. The van der Waals surface area contributed by atoms with Crippen LogP contribution in [0.3, 0.4) is 0 Å². The monoisotopic (exact) mass is 266 g/mol. The third-order valence-electron chi connectivity index (χ3n) is 4.05. The molecule has 2 aromatic rings. The highest BCUT2D eigenvalue weighted by molar-refractivity contribution is 6.03. The molecule has 0 unspecified atom stereocenters. The molecule has 2 nitrogen and oxygen atoms in total. The van der Waals surface area contributed by atoms with E-state index in [-0.39, 0.29) is 5.78 Å². The topological polar surface area (TPSA) is 26.3 Å². The number of carbonyl (C=O) groups is 1. The molecule has 3 rings (SSSR count). The Hall–Kier alpha value is -1.93. The van der Waals surface area contributed by atoms with E-state index in [1.54, 1.807) is 0 Å². The van der Waals surface area contributed by atoms with Gasteiger partial charge in [-0.15, -0.1) is 0 Å². The molecular formula is C18H18O2. The van der Waals surface area contributed by atoms with Crippen molar-refractivity contribution in [3.63, 3.8) is 0 Å². The van der Waals surface area contributed by atoms with E-state index in [9.17, 15) is 4.79 Å². The van der Waals surface area contributed by atoms with E-state index in [0.717, 1.165) is 16.7 Å². The first-order valence-electron chi connectivity index (χ1n) is 6.89. The summed E-state index contributed by atoms with van der Waals surface area (Å²) < 4.78 is 5.41. The molecule has 0 amide bonds. The first-order chi connectivity index (χ1) is 9.59. The lowest BCUT2D eigenvalue weighted by Gasteiger charge is -2.24. The van der Waals surface area contributed by atoms with Crippen molar-refractivity contribution in [2.75, 3.05) is 0 Å². The minimum absolute atomic E-state index is 0.151. The van der Waals surface area contributed by atoms with Crippen LogP contribution < -0.4 is 0 Å². The summed E-state index contributed by atoms with van der Waals surface area (Å²) in [5.74, 6) is 0.151. The number of Topliss-reactive ketones (excluding diaryl/α,β-unsaturated/α-hetero) is 1. The highest BCUT2D eigenvalue weighted by atomic mass is 16.5. The molecule has 0 aliphatic carbocycles. The van der Waals surface area contributed by atoms with Crippen LogP contribution >= 0.6 is 0 Å². The maximum Gasteiger partial charge on any atom is 0.172 e. The molecule has 102 valence electrons. The van der Waals surface area contributed by atoms with Crippen molar-refractivity contribution in [2.45, 2.75) is 32.5 Å². The van der Waals surface area contributed by atoms with Gasteiger partial charge in [-0.1, -0.05) is 42.5 Å². The highest BCUT2D eigenvalue weighted by Gasteiger charge is 2.31. The lowest BCUT2D eigenvalue weighted by atomic mass is 9.78. The Morgan fingerprint density at radius 1 is 1.00 bits per heavy atom. The lowest BCUT2D eigenvalue weighted by Crippen LogP contribution is -2.29. The van der Waals surface area contributed by atoms with Crippen LogP contribution in [-0.2, 0) is 23.4 Å². The van der Waals surface area contributed by atoms with E-state index in [4.69, 9.17) is 4.74 Å². The summed E-state index contributed by atoms with van der Waals surface area (Å²) in [5, 5.41) is 0. The predicted molar refractivity (Wildman–Crippen MR) is 78.7 cm³/mol. The van der Waals surface area contributed by atoms with Gasteiger partial charge in [0, 0.05) is 5.56 Å². The van der Waals surface area contributed by atoms with E-state index in [0.29, 0.717) is 13.2 Å². The summed E-state index contributed by atoms with van der Waals surface area (Å²) in [6.45, 7) is 5.23. The molecule has 0 fully saturated rings. The van der Waals surface area contributed by atoms with Gasteiger partial charge in [0.1, 0.15) is 0 Å². The maximum atomic E-state index is 12.8. The molecule has 1 heterocycles. The van der Waals surface area contributed by atoms with Crippen LogP contribution in [0, 0.1) is 0 Å². The third kappa shape index (κ3) is 2.16. The fraction of sp³-hybridized carbons (Fsp3) is 0.278. The number of fused-ring (bicyclic) bond motifs is 1. The van der Waals surface area contributed by atoms with Crippen LogP contribution in [0.2, 0.25) is 0 Å². The molecule has 2 heteroatoms. The molecule has 0 radical (unpaired) electrons. The van der Waals surface area contributed by atoms with Gasteiger partial charge in [0.05, 0.1) is 18.6 Å². The summed E-state index contributed by atoms with van der Waals surface area (Å²) in [4.78, 5) is 12.8. The first-order valence-corrected chi connectivity index (χ1v) is 6.89. The van der Waals surface area contributed by atoms with E-state index < -0.39 is 5.41 Å². The number of hydrogen-bond donors (Lipinski definition) is 0. The van der Waals surface area contributed by atoms with Gasteiger partial charge in [-0.2, -0.15) is 0 Å². The Labute approximate surface area is 119 Å². The fourth-order valence-corrected chi connectivity index (χ4v) is 2.66. The zero-order chi connectivity index (χ0) is 14.2. The summed E-state index contributed by atoms with van der Waals surface area (Å²) in [6.07, 6.45) is 0. The molecular weight excluding hydrogens is 248 g/mol. The number of ketones is 1. The van der Waals surface area contributed by atoms with Crippen LogP contribution in [0.15, 0.2) is 48.5 Å². The SMILES string of the molecule is CC(C)(C(=O)c1ccc2c(c1)COC2)c1ccccc1. The van der Waals surface area contributed by atoms with Crippen LogP contribution in [0.1, 0.15) is 40.9 Å². The van der Waals surface area contributed by atoms with Gasteiger partial charge in [-0.25, -0.2) is 0 Å². The van der Waals surface area contributed by atoms with Crippen molar-refractivity contribution in [1.82, 2.24) is 0 Å². The minimum atomic E-state index is -0.519. The van der Waals surface area contributed by atoms with Gasteiger partial charge >= 0.3 is 0 Å². The van der Waals surface area contributed by atoms with Crippen LogP contribution in [-0.4, -0.2) is 5.78 Å². The van der Waals surface area contributed by atoms with E-state index >= 15 is 0 Å². The molecule has 20 heavy (non-hydrogen) atoms.